The third-order valence-corrected chi connectivity index (χ3v) is 2.60. The van der Waals surface area contributed by atoms with Gasteiger partial charge in [-0.15, -0.1) is 0 Å². The summed E-state index contributed by atoms with van der Waals surface area (Å²) in [6.45, 7) is 5.80. The van der Waals surface area contributed by atoms with Crippen molar-refractivity contribution in [3.63, 3.8) is 0 Å². The summed E-state index contributed by atoms with van der Waals surface area (Å²) in [6.07, 6.45) is -0.742. The number of hydrazine groups is 1. The Bertz CT molecular complexity index is 595. The van der Waals surface area contributed by atoms with Crippen molar-refractivity contribution in [3.8, 4) is 0 Å². The van der Waals surface area contributed by atoms with Crippen LogP contribution in [0, 0.1) is 0 Å². The van der Waals surface area contributed by atoms with E-state index < -0.39 is 17.8 Å². The Balaban J connectivity index is 2.72. The number of rotatable bonds is 6. The second-order valence-corrected chi connectivity index (χ2v) is 5.88. The van der Waals surface area contributed by atoms with Gasteiger partial charge < -0.3 is 19.4 Å². The van der Waals surface area contributed by atoms with E-state index in [1.54, 1.807) is 40.0 Å². The Morgan fingerprint density at radius 3 is 2.40 bits per heavy atom. The zero-order valence-electron chi connectivity index (χ0n) is 14.7. The van der Waals surface area contributed by atoms with Gasteiger partial charge in [-0.05, 0) is 38.5 Å². The fourth-order valence-corrected chi connectivity index (χ4v) is 1.60. The van der Waals surface area contributed by atoms with Crippen LogP contribution >= 0.6 is 0 Å². The lowest BCUT2D eigenvalue weighted by Gasteiger charge is -2.24. The maximum Gasteiger partial charge on any atom is 0.431 e. The summed E-state index contributed by atoms with van der Waals surface area (Å²) in [5, 5.41) is 13.7. The van der Waals surface area contributed by atoms with Crippen LogP contribution in [-0.4, -0.2) is 49.4 Å². The highest BCUT2D eigenvalue weighted by Crippen LogP contribution is 2.14. The van der Waals surface area contributed by atoms with Gasteiger partial charge in [-0.3, -0.25) is 0 Å². The molecule has 0 atom stereocenters. The molecule has 0 unspecified atom stereocenters. The number of methoxy groups -OCH3 is 1. The standard InChI is InChI=1S/C16H23N3O6/c1-16(2,3)25-14(20)18-19(15(21)22)13-7-5-12(6-8-13)11-17-24-10-9-23-4/h5-8,11H,9-10H2,1-4H3,(H,18,20)(H,21,22). The average Bonchev–Trinajstić information content (AvgIpc) is 2.51. The highest BCUT2D eigenvalue weighted by Gasteiger charge is 2.22. The molecule has 0 bridgehead atoms. The van der Waals surface area contributed by atoms with Crippen molar-refractivity contribution in [2.45, 2.75) is 26.4 Å². The highest BCUT2D eigenvalue weighted by atomic mass is 16.6. The van der Waals surface area contributed by atoms with Crippen LogP contribution in [0.4, 0.5) is 15.3 Å². The van der Waals surface area contributed by atoms with Gasteiger partial charge in [0.2, 0.25) is 0 Å². The molecule has 9 nitrogen and oxygen atoms in total. The van der Waals surface area contributed by atoms with Crippen LogP contribution in [0.5, 0.6) is 0 Å². The molecule has 9 heteroatoms. The van der Waals surface area contributed by atoms with E-state index in [-0.39, 0.29) is 5.69 Å². The summed E-state index contributed by atoms with van der Waals surface area (Å²) < 4.78 is 9.86. The first-order valence-corrected chi connectivity index (χ1v) is 7.50. The van der Waals surface area contributed by atoms with E-state index in [4.69, 9.17) is 14.3 Å². The summed E-state index contributed by atoms with van der Waals surface area (Å²) in [4.78, 5) is 28.1. The van der Waals surface area contributed by atoms with Crippen LogP contribution in [0.2, 0.25) is 0 Å². The van der Waals surface area contributed by atoms with Crippen molar-refractivity contribution in [2.24, 2.45) is 5.16 Å². The van der Waals surface area contributed by atoms with Crippen LogP contribution in [0.3, 0.4) is 0 Å². The Labute approximate surface area is 146 Å². The smallest absolute Gasteiger partial charge is 0.431 e. The van der Waals surface area contributed by atoms with Crippen molar-refractivity contribution in [3.05, 3.63) is 29.8 Å². The third kappa shape index (κ3) is 8.02. The van der Waals surface area contributed by atoms with E-state index in [1.807, 2.05) is 0 Å². The minimum atomic E-state index is -1.35. The number of amides is 2. The predicted octanol–water partition coefficient (Wildman–Crippen LogP) is 2.61. The first-order chi connectivity index (χ1) is 11.7. The lowest BCUT2D eigenvalue weighted by atomic mass is 10.2. The minimum absolute atomic E-state index is 0.246. The van der Waals surface area contributed by atoms with E-state index in [9.17, 15) is 14.7 Å². The highest BCUT2D eigenvalue weighted by molar-refractivity contribution is 5.90. The lowest BCUT2D eigenvalue weighted by molar-refractivity contribution is 0.0518. The molecule has 0 aliphatic carbocycles. The molecule has 2 amide bonds. The van der Waals surface area contributed by atoms with E-state index in [1.165, 1.54) is 18.3 Å². The van der Waals surface area contributed by atoms with Crippen molar-refractivity contribution in [2.75, 3.05) is 25.3 Å². The van der Waals surface area contributed by atoms with Gasteiger partial charge in [0.05, 0.1) is 18.5 Å². The second-order valence-electron chi connectivity index (χ2n) is 5.88. The Morgan fingerprint density at radius 1 is 1.24 bits per heavy atom. The van der Waals surface area contributed by atoms with Crippen molar-refractivity contribution in [1.29, 1.82) is 0 Å². The molecule has 0 spiro atoms. The fourth-order valence-electron chi connectivity index (χ4n) is 1.60. The van der Waals surface area contributed by atoms with Gasteiger partial charge >= 0.3 is 12.2 Å². The molecule has 25 heavy (non-hydrogen) atoms. The number of carboxylic acid groups (broad SMARTS) is 1. The normalized spacial score (nSPS) is 11.2. The van der Waals surface area contributed by atoms with Crippen LogP contribution < -0.4 is 10.4 Å². The first kappa shape index (κ1) is 20.2. The summed E-state index contributed by atoms with van der Waals surface area (Å²) in [5.74, 6) is 0. The molecular formula is C16H23N3O6. The number of nitrogens with zero attached hydrogens (tertiary/aromatic N) is 2. The molecule has 0 radical (unpaired) electrons. The number of anilines is 1. The van der Waals surface area contributed by atoms with Crippen molar-refractivity contribution < 1.29 is 29.0 Å². The monoisotopic (exact) mass is 353 g/mol. The number of hydrogen-bond donors (Lipinski definition) is 2. The van der Waals surface area contributed by atoms with E-state index in [0.29, 0.717) is 23.8 Å². The van der Waals surface area contributed by atoms with Crippen LogP contribution in [0.1, 0.15) is 26.3 Å². The van der Waals surface area contributed by atoms with Gasteiger partial charge in [0.1, 0.15) is 12.2 Å². The molecule has 0 fully saturated rings. The van der Waals surface area contributed by atoms with Gasteiger partial charge in [0, 0.05) is 7.11 Å². The SMILES string of the molecule is COCCON=Cc1ccc(N(NC(=O)OC(C)(C)C)C(=O)O)cc1. The molecule has 1 aromatic rings. The molecule has 0 saturated heterocycles. The van der Waals surface area contributed by atoms with E-state index in [0.717, 1.165) is 0 Å². The van der Waals surface area contributed by atoms with Crippen molar-refractivity contribution >= 4 is 24.1 Å². The number of oxime groups is 1. The zero-order chi connectivity index (χ0) is 18.9. The third-order valence-electron chi connectivity index (χ3n) is 2.60. The average molecular weight is 353 g/mol. The molecule has 0 saturated carbocycles. The number of nitrogens with one attached hydrogen (secondary N) is 1. The Morgan fingerprint density at radius 2 is 1.88 bits per heavy atom. The molecular weight excluding hydrogens is 330 g/mol. The minimum Gasteiger partial charge on any atom is -0.463 e. The molecule has 0 aliphatic rings. The maximum atomic E-state index is 11.8. The predicted molar refractivity (Wildman–Crippen MR) is 91.7 cm³/mol. The summed E-state index contributed by atoms with van der Waals surface area (Å²) in [6, 6.07) is 6.29. The Hall–Kier alpha value is -2.81. The molecule has 1 rings (SSSR count). The molecule has 0 aromatic heterocycles. The van der Waals surface area contributed by atoms with Crippen LogP contribution in [-0.2, 0) is 14.3 Å². The molecule has 1 aromatic carbocycles. The summed E-state index contributed by atoms with van der Waals surface area (Å²) in [7, 11) is 1.56. The van der Waals surface area contributed by atoms with Gasteiger partial charge in [0.15, 0.2) is 0 Å². The van der Waals surface area contributed by atoms with Crippen LogP contribution in [0.15, 0.2) is 29.4 Å². The van der Waals surface area contributed by atoms with Gasteiger partial charge in [-0.25, -0.2) is 15.0 Å². The van der Waals surface area contributed by atoms with Gasteiger partial charge in [-0.2, -0.15) is 5.01 Å². The number of carbonyl (C=O) groups is 2. The number of hydrogen-bond acceptors (Lipinski definition) is 6. The van der Waals surface area contributed by atoms with E-state index in [2.05, 4.69) is 10.6 Å². The second kappa shape index (κ2) is 9.48. The topological polar surface area (TPSA) is 110 Å². The van der Waals surface area contributed by atoms with Gasteiger partial charge in [0.25, 0.3) is 0 Å². The zero-order valence-corrected chi connectivity index (χ0v) is 14.7. The number of benzene rings is 1. The fraction of sp³-hybridized carbons (Fsp3) is 0.438. The van der Waals surface area contributed by atoms with Crippen molar-refractivity contribution in [1.82, 2.24) is 5.43 Å². The molecule has 0 aliphatic heterocycles. The quantitative estimate of drug-likeness (QED) is 0.462. The lowest BCUT2D eigenvalue weighted by Crippen LogP contribution is -2.47. The largest absolute Gasteiger partial charge is 0.463 e. The number of ether oxygens (including phenoxy) is 2. The number of carbonyl (C=O) groups excluding carboxylic acids is 1. The molecule has 0 heterocycles. The van der Waals surface area contributed by atoms with Gasteiger partial charge in [-0.1, -0.05) is 17.3 Å². The summed E-state index contributed by atoms with van der Waals surface area (Å²) >= 11 is 0. The van der Waals surface area contributed by atoms with Crippen LogP contribution in [0.25, 0.3) is 0 Å². The molecule has 2 N–H and O–H groups in total. The Kier molecular flexibility index (Phi) is 7.67. The summed E-state index contributed by atoms with van der Waals surface area (Å²) in [5.41, 5.74) is 2.38. The first-order valence-electron chi connectivity index (χ1n) is 7.50. The van der Waals surface area contributed by atoms with E-state index >= 15 is 0 Å². The maximum absolute atomic E-state index is 11.8. The molecule has 138 valence electrons.